The molecule has 7 nitrogen and oxygen atoms in total. The molecule has 2 aromatic rings. The first kappa shape index (κ1) is 16.8. The van der Waals surface area contributed by atoms with E-state index in [1.165, 1.54) is 13.3 Å². The summed E-state index contributed by atoms with van der Waals surface area (Å²) in [6.07, 6.45) is 1.24. The average Bonchev–Trinajstić information content (AvgIpc) is 2.53. The van der Waals surface area contributed by atoms with Crippen molar-refractivity contribution in [2.45, 2.75) is 13.5 Å². The third-order valence-corrected chi connectivity index (χ3v) is 3.49. The standard InChI is InChI=1S/C15H18FN3O4/c1-3-19-7-9(15(21)22)13(20)8-6-10(16)11(18-5-4-17)14(23-2)12(8)19/h6-7,18H,3-5,17H2,1-2H3,(H,21,22). The van der Waals surface area contributed by atoms with E-state index in [0.29, 0.717) is 25.2 Å². The van der Waals surface area contributed by atoms with Crippen molar-refractivity contribution >= 4 is 22.6 Å². The Bertz CT molecular complexity index is 817. The van der Waals surface area contributed by atoms with Gasteiger partial charge in [-0.3, -0.25) is 4.79 Å². The predicted octanol–water partition coefficient (Wildman–Crippen LogP) is 1.24. The van der Waals surface area contributed by atoms with Crippen molar-refractivity contribution < 1.29 is 19.0 Å². The number of anilines is 1. The van der Waals surface area contributed by atoms with Gasteiger partial charge in [-0.2, -0.15) is 0 Å². The Hall–Kier alpha value is -2.61. The van der Waals surface area contributed by atoms with Crippen LogP contribution in [-0.4, -0.2) is 35.8 Å². The summed E-state index contributed by atoms with van der Waals surface area (Å²) in [6, 6.07) is 1.03. The number of hydrogen-bond acceptors (Lipinski definition) is 5. The van der Waals surface area contributed by atoms with Gasteiger partial charge in [0.2, 0.25) is 5.43 Å². The normalized spacial score (nSPS) is 10.8. The molecular formula is C15H18FN3O4. The Balaban J connectivity index is 2.92. The lowest BCUT2D eigenvalue weighted by molar-refractivity contribution is 0.0695. The molecule has 2 rings (SSSR count). The number of aryl methyl sites for hydroxylation is 1. The fourth-order valence-corrected chi connectivity index (χ4v) is 2.46. The lowest BCUT2D eigenvalue weighted by atomic mass is 10.1. The van der Waals surface area contributed by atoms with Crippen molar-refractivity contribution in [2.75, 3.05) is 25.5 Å². The molecule has 0 saturated heterocycles. The van der Waals surface area contributed by atoms with Crippen LogP contribution in [0, 0.1) is 5.82 Å². The number of carbonyl (C=O) groups is 1. The number of aromatic nitrogens is 1. The van der Waals surface area contributed by atoms with Crippen LogP contribution in [-0.2, 0) is 6.54 Å². The number of carboxylic acids is 1. The van der Waals surface area contributed by atoms with Crippen molar-refractivity contribution in [1.82, 2.24) is 4.57 Å². The molecule has 23 heavy (non-hydrogen) atoms. The van der Waals surface area contributed by atoms with E-state index in [9.17, 15) is 14.0 Å². The molecule has 124 valence electrons. The number of aromatic carboxylic acids is 1. The van der Waals surface area contributed by atoms with Gasteiger partial charge in [-0.25, -0.2) is 9.18 Å². The van der Waals surface area contributed by atoms with Gasteiger partial charge in [0.25, 0.3) is 0 Å². The van der Waals surface area contributed by atoms with E-state index in [4.69, 9.17) is 15.6 Å². The first-order valence-electron chi connectivity index (χ1n) is 7.07. The summed E-state index contributed by atoms with van der Waals surface area (Å²) in [5.41, 5.74) is 4.69. The van der Waals surface area contributed by atoms with Gasteiger partial charge in [-0.1, -0.05) is 0 Å². The Morgan fingerprint density at radius 2 is 2.22 bits per heavy atom. The number of nitrogens with zero attached hydrogens (tertiary/aromatic N) is 1. The average molecular weight is 323 g/mol. The number of pyridine rings is 1. The van der Waals surface area contributed by atoms with Gasteiger partial charge in [0.1, 0.15) is 11.3 Å². The molecule has 0 unspecified atom stereocenters. The zero-order chi connectivity index (χ0) is 17.1. The summed E-state index contributed by atoms with van der Waals surface area (Å²) in [5, 5.41) is 11.9. The Morgan fingerprint density at radius 1 is 1.52 bits per heavy atom. The topological polar surface area (TPSA) is 107 Å². The van der Waals surface area contributed by atoms with Crippen LogP contribution in [0.3, 0.4) is 0 Å². The second kappa shape index (κ2) is 6.66. The largest absolute Gasteiger partial charge is 0.492 e. The molecule has 0 spiro atoms. The molecule has 0 fully saturated rings. The van der Waals surface area contributed by atoms with Crippen LogP contribution >= 0.6 is 0 Å². The minimum Gasteiger partial charge on any atom is -0.492 e. The van der Waals surface area contributed by atoms with Gasteiger partial charge in [-0.15, -0.1) is 0 Å². The second-order valence-corrected chi connectivity index (χ2v) is 4.84. The highest BCUT2D eigenvalue weighted by atomic mass is 19.1. The highest BCUT2D eigenvalue weighted by Gasteiger charge is 2.21. The quantitative estimate of drug-likeness (QED) is 0.738. The summed E-state index contributed by atoms with van der Waals surface area (Å²) in [6.45, 7) is 2.78. The van der Waals surface area contributed by atoms with E-state index in [1.807, 2.05) is 0 Å². The van der Waals surface area contributed by atoms with Gasteiger partial charge in [0, 0.05) is 25.8 Å². The van der Waals surface area contributed by atoms with Crippen molar-refractivity contribution in [1.29, 1.82) is 0 Å². The van der Waals surface area contributed by atoms with Crippen molar-refractivity contribution in [3.05, 3.63) is 33.9 Å². The number of carboxylic acid groups (broad SMARTS) is 1. The van der Waals surface area contributed by atoms with Crippen LogP contribution in [0.2, 0.25) is 0 Å². The van der Waals surface area contributed by atoms with E-state index in [0.717, 1.165) is 6.07 Å². The summed E-state index contributed by atoms with van der Waals surface area (Å²) >= 11 is 0. The molecule has 0 bridgehead atoms. The Morgan fingerprint density at radius 3 is 2.74 bits per heavy atom. The monoisotopic (exact) mass is 323 g/mol. The highest BCUT2D eigenvalue weighted by Crippen LogP contribution is 2.35. The lowest BCUT2D eigenvalue weighted by Gasteiger charge is -2.18. The highest BCUT2D eigenvalue weighted by molar-refractivity contribution is 5.96. The van der Waals surface area contributed by atoms with Crippen LogP contribution in [0.25, 0.3) is 10.9 Å². The molecule has 0 atom stereocenters. The third kappa shape index (κ3) is 2.85. The summed E-state index contributed by atoms with van der Waals surface area (Å²) in [7, 11) is 1.36. The van der Waals surface area contributed by atoms with E-state index in [-0.39, 0.29) is 16.8 Å². The smallest absolute Gasteiger partial charge is 0.341 e. The van der Waals surface area contributed by atoms with Gasteiger partial charge in [0.15, 0.2) is 11.6 Å². The molecule has 4 N–H and O–H groups in total. The minimum atomic E-state index is -1.36. The number of ether oxygens (including phenoxy) is 1. The number of hydrogen-bond donors (Lipinski definition) is 3. The van der Waals surface area contributed by atoms with Crippen LogP contribution in [0.5, 0.6) is 5.75 Å². The molecule has 0 amide bonds. The van der Waals surface area contributed by atoms with Crippen LogP contribution < -0.4 is 21.2 Å². The van der Waals surface area contributed by atoms with Gasteiger partial charge >= 0.3 is 5.97 Å². The number of halogens is 1. The van der Waals surface area contributed by atoms with Crippen molar-refractivity contribution in [3.8, 4) is 5.75 Å². The van der Waals surface area contributed by atoms with Crippen LogP contribution in [0.1, 0.15) is 17.3 Å². The van der Waals surface area contributed by atoms with E-state index in [1.54, 1.807) is 11.5 Å². The summed E-state index contributed by atoms with van der Waals surface area (Å²) < 4.78 is 21.2. The van der Waals surface area contributed by atoms with Gasteiger partial charge in [-0.05, 0) is 13.0 Å². The van der Waals surface area contributed by atoms with E-state index >= 15 is 0 Å². The van der Waals surface area contributed by atoms with Gasteiger partial charge in [0.05, 0.1) is 18.0 Å². The number of benzene rings is 1. The SMILES string of the molecule is CCn1cc(C(=O)O)c(=O)c2cc(F)c(NCCN)c(OC)c21. The molecule has 0 aliphatic heterocycles. The molecule has 1 aromatic heterocycles. The van der Waals surface area contributed by atoms with E-state index in [2.05, 4.69) is 5.32 Å². The summed E-state index contributed by atoms with van der Waals surface area (Å²) in [5.74, 6) is -1.92. The predicted molar refractivity (Wildman–Crippen MR) is 84.9 cm³/mol. The molecule has 0 aliphatic rings. The molecule has 1 aromatic carbocycles. The van der Waals surface area contributed by atoms with Crippen molar-refractivity contribution in [3.63, 3.8) is 0 Å². The maximum Gasteiger partial charge on any atom is 0.341 e. The van der Waals surface area contributed by atoms with Crippen molar-refractivity contribution in [2.24, 2.45) is 5.73 Å². The number of fused-ring (bicyclic) bond motifs is 1. The van der Waals surface area contributed by atoms with Gasteiger partial charge < -0.3 is 25.5 Å². The zero-order valence-electron chi connectivity index (χ0n) is 12.9. The van der Waals surface area contributed by atoms with Crippen LogP contribution in [0.15, 0.2) is 17.1 Å². The molecule has 0 radical (unpaired) electrons. The maximum absolute atomic E-state index is 14.4. The number of nitrogens with two attached hydrogens (primary N) is 1. The minimum absolute atomic E-state index is 0.0422. The third-order valence-electron chi connectivity index (χ3n) is 3.49. The summed E-state index contributed by atoms with van der Waals surface area (Å²) in [4.78, 5) is 23.5. The fraction of sp³-hybridized carbons (Fsp3) is 0.333. The maximum atomic E-state index is 14.4. The fourth-order valence-electron chi connectivity index (χ4n) is 2.46. The zero-order valence-corrected chi connectivity index (χ0v) is 12.9. The Kier molecular flexibility index (Phi) is 4.85. The first-order valence-corrected chi connectivity index (χ1v) is 7.07. The number of rotatable bonds is 6. The second-order valence-electron chi connectivity index (χ2n) is 4.84. The number of methoxy groups -OCH3 is 1. The lowest BCUT2D eigenvalue weighted by Crippen LogP contribution is -2.20. The molecule has 0 saturated carbocycles. The van der Waals surface area contributed by atoms with E-state index < -0.39 is 22.8 Å². The number of nitrogens with one attached hydrogen (secondary N) is 1. The molecular weight excluding hydrogens is 305 g/mol. The molecule has 1 heterocycles. The Labute approximate surface area is 131 Å². The molecule has 0 aliphatic carbocycles. The first-order chi connectivity index (χ1) is 11.0. The molecule has 8 heteroatoms. The van der Waals surface area contributed by atoms with Crippen LogP contribution in [0.4, 0.5) is 10.1 Å².